The molecule has 1 aliphatic heterocycles. The molecule has 2 nitrogen and oxygen atoms in total. The van der Waals surface area contributed by atoms with E-state index in [0.717, 1.165) is 12.0 Å². The second-order valence-corrected chi connectivity index (χ2v) is 3.21. The minimum atomic E-state index is -0.657. The molecule has 70 valence electrons. The van der Waals surface area contributed by atoms with Gasteiger partial charge in [0.2, 0.25) is 0 Å². The summed E-state index contributed by atoms with van der Waals surface area (Å²) in [7, 11) is 0. The van der Waals surface area contributed by atoms with Crippen LogP contribution in [0, 0.1) is 5.82 Å². The average Bonchev–Trinajstić information content (AvgIpc) is 2.53. The molecule has 2 atom stereocenters. The molecule has 0 amide bonds. The van der Waals surface area contributed by atoms with Gasteiger partial charge in [-0.2, -0.15) is 0 Å². The third-order valence-electron chi connectivity index (χ3n) is 2.24. The standard InChI is InChI=1S/C10H11FO2/c11-8-3-1-7(2-4-8)9-5-6-10(12)13-9/h1-4,9-10,12H,5-6H2/t9-,10?/m0/s1. The monoisotopic (exact) mass is 182 g/mol. The third kappa shape index (κ3) is 1.87. The Morgan fingerprint density at radius 1 is 1.23 bits per heavy atom. The molecule has 1 aliphatic rings. The lowest BCUT2D eigenvalue weighted by molar-refractivity contribution is -0.0914. The van der Waals surface area contributed by atoms with Crippen molar-refractivity contribution in [2.45, 2.75) is 25.2 Å². The molecule has 1 fully saturated rings. The molecule has 1 aromatic carbocycles. The van der Waals surface area contributed by atoms with Gasteiger partial charge in [-0.3, -0.25) is 0 Å². The number of hydrogen-bond donors (Lipinski definition) is 1. The Hall–Kier alpha value is -0.930. The van der Waals surface area contributed by atoms with Crippen LogP contribution in [-0.4, -0.2) is 11.4 Å². The van der Waals surface area contributed by atoms with E-state index in [1.807, 2.05) is 0 Å². The molecule has 1 saturated heterocycles. The Labute approximate surface area is 76.0 Å². The normalized spacial score (nSPS) is 27.8. The molecule has 1 heterocycles. The molecule has 0 radical (unpaired) electrons. The lowest BCUT2D eigenvalue weighted by Crippen LogP contribution is -2.03. The lowest BCUT2D eigenvalue weighted by Gasteiger charge is -2.10. The molecule has 3 heteroatoms. The minimum Gasteiger partial charge on any atom is -0.368 e. The Balaban J connectivity index is 2.13. The van der Waals surface area contributed by atoms with E-state index >= 15 is 0 Å². The molecule has 0 spiro atoms. The summed E-state index contributed by atoms with van der Waals surface area (Å²) in [6, 6.07) is 6.20. The molecule has 1 N–H and O–H groups in total. The van der Waals surface area contributed by atoms with Gasteiger partial charge in [0.15, 0.2) is 6.29 Å². The predicted molar refractivity (Wildman–Crippen MR) is 45.5 cm³/mol. The first-order chi connectivity index (χ1) is 6.25. The Morgan fingerprint density at radius 3 is 2.46 bits per heavy atom. The minimum absolute atomic E-state index is 0.0735. The highest BCUT2D eigenvalue weighted by molar-refractivity contribution is 5.19. The zero-order chi connectivity index (χ0) is 9.26. The maximum Gasteiger partial charge on any atom is 0.155 e. The number of aliphatic hydroxyl groups excluding tert-OH is 1. The van der Waals surface area contributed by atoms with Crippen molar-refractivity contribution >= 4 is 0 Å². The fourth-order valence-corrected chi connectivity index (χ4v) is 1.54. The SMILES string of the molecule is OC1CC[C@@H](c2ccc(F)cc2)O1. The number of halogens is 1. The molecule has 1 unspecified atom stereocenters. The van der Waals surface area contributed by atoms with E-state index in [4.69, 9.17) is 9.84 Å². The van der Waals surface area contributed by atoms with Crippen molar-refractivity contribution in [2.75, 3.05) is 0 Å². The maximum atomic E-state index is 12.6. The van der Waals surface area contributed by atoms with Gasteiger partial charge in [-0.1, -0.05) is 12.1 Å². The molecular weight excluding hydrogens is 171 g/mol. The second kappa shape index (κ2) is 3.44. The van der Waals surface area contributed by atoms with Crippen LogP contribution in [0.25, 0.3) is 0 Å². The van der Waals surface area contributed by atoms with Crippen LogP contribution in [0.5, 0.6) is 0 Å². The van der Waals surface area contributed by atoms with E-state index in [-0.39, 0.29) is 11.9 Å². The van der Waals surface area contributed by atoms with Crippen LogP contribution in [0.1, 0.15) is 24.5 Å². The van der Waals surface area contributed by atoms with Crippen molar-refractivity contribution in [3.8, 4) is 0 Å². The Kier molecular flexibility index (Phi) is 2.29. The van der Waals surface area contributed by atoms with Crippen LogP contribution in [-0.2, 0) is 4.74 Å². The van der Waals surface area contributed by atoms with E-state index in [1.165, 1.54) is 12.1 Å². The number of hydrogen-bond acceptors (Lipinski definition) is 2. The van der Waals surface area contributed by atoms with Crippen molar-refractivity contribution in [2.24, 2.45) is 0 Å². The summed E-state index contributed by atoms with van der Waals surface area (Å²) in [5.74, 6) is -0.248. The number of rotatable bonds is 1. The molecule has 13 heavy (non-hydrogen) atoms. The topological polar surface area (TPSA) is 29.5 Å². The van der Waals surface area contributed by atoms with E-state index in [2.05, 4.69) is 0 Å². The fourth-order valence-electron chi connectivity index (χ4n) is 1.54. The summed E-state index contributed by atoms with van der Waals surface area (Å²) in [5.41, 5.74) is 0.929. The zero-order valence-corrected chi connectivity index (χ0v) is 7.11. The molecular formula is C10H11FO2. The second-order valence-electron chi connectivity index (χ2n) is 3.21. The van der Waals surface area contributed by atoms with Gasteiger partial charge in [0.1, 0.15) is 5.82 Å². The van der Waals surface area contributed by atoms with Gasteiger partial charge < -0.3 is 9.84 Å². The molecule has 0 aliphatic carbocycles. The van der Waals surface area contributed by atoms with Gasteiger partial charge >= 0.3 is 0 Å². The molecule has 2 rings (SSSR count). The first-order valence-electron chi connectivity index (χ1n) is 4.35. The molecule has 0 saturated carbocycles. The van der Waals surface area contributed by atoms with Gasteiger partial charge in [0.25, 0.3) is 0 Å². The van der Waals surface area contributed by atoms with Gasteiger partial charge in [0.05, 0.1) is 6.10 Å². The average molecular weight is 182 g/mol. The zero-order valence-electron chi connectivity index (χ0n) is 7.11. The van der Waals surface area contributed by atoms with Crippen LogP contribution in [0.3, 0.4) is 0 Å². The highest BCUT2D eigenvalue weighted by atomic mass is 19.1. The Morgan fingerprint density at radius 2 is 1.92 bits per heavy atom. The lowest BCUT2D eigenvalue weighted by atomic mass is 10.1. The summed E-state index contributed by atoms with van der Waals surface area (Å²) >= 11 is 0. The summed E-state index contributed by atoms with van der Waals surface area (Å²) in [6.07, 6.45) is 0.722. The fraction of sp³-hybridized carbons (Fsp3) is 0.400. The number of benzene rings is 1. The summed E-state index contributed by atoms with van der Waals surface area (Å²) in [4.78, 5) is 0. The van der Waals surface area contributed by atoms with Crippen LogP contribution in [0.4, 0.5) is 4.39 Å². The van der Waals surface area contributed by atoms with Crippen LogP contribution in [0.2, 0.25) is 0 Å². The predicted octanol–water partition coefficient (Wildman–Crippen LogP) is 2.00. The quantitative estimate of drug-likeness (QED) is 0.719. The van der Waals surface area contributed by atoms with E-state index in [0.29, 0.717) is 6.42 Å². The van der Waals surface area contributed by atoms with Gasteiger partial charge in [-0.25, -0.2) is 4.39 Å². The van der Waals surface area contributed by atoms with E-state index in [9.17, 15) is 4.39 Å². The summed E-state index contributed by atoms with van der Waals surface area (Å²) in [5, 5.41) is 9.12. The van der Waals surface area contributed by atoms with Crippen molar-refractivity contribution < 1.29 is 14.2 Å². The summed E-state index contributed by atoms with van der Waals surface area (Å²) in [6.45, 7) is 0. The van der Waals surface area contributed by atoms with Crippen molar-refractivity contribution in [3.05, 3.63) is 35.6 Å². The molecule has 1 aromatic rings. The van der Waals surface area contributed by atoms with Crippen molar-refractivity contribution in [3.63, 3.8) is 0 Å². The van der Waals surface area contributed by atoms with Gasteiger partial charge in [-0.15, -0.1) is 0 Å². The van der Waals surface area contributed by atoms with Crippen LogP contribution >= 0.6 is 0 Å². The maximum absolute atomic E-state index is 12.6. The first-order valence-corrected chi connectivity index (χ1v) is 4.35. The largest absolute Gasteiger partial charge is 0.368 e. The highest BCUT2D eigenvalue weighted by Crippen LogP contribution is 2.31. The first kappa shape index (κ1) is 8.66. The van der Waals surface area contributed by atoms with E-state index in [1.54, 1.807) is 12.1 Å². The van der Waals surface area contributed by atoms with Crippen molar-refractivity contribution in [1.29, 1.82) is 0 Å². The smallest absolute Gasteiger partial charge is 0.155 e. The number of ether oxygens (including phenoxy) is 1. The summed E-state index contributed by atoms with van der Waals surface area (Å²) < 4.78 is 17.8. The van der Waals surface area contributed by atoms with Gasteiger partial charge in [-0.05, 0) is 24.1 Å². The highest BCUT2D eigenvalue weighted by Gasteiger charge is 2.24. The van der Waals surface area contributed by atoms with E-state index < -0.39 is 6.29 Å². The number of aliphatic hydroxyl groups is 1. The third-order valence-corrected chi connectivity index (χ3v) is 2.24. The van der Waals surface area contributed by atoms with Crippen molar-refractivity contribution in [1.82, 2.24) is 0 Å². The van der Waals surface area contributed by atoms with Crippen LogP contribution in [0.15, 0.2) is 24.3 Å². The Bertz CT molecular complexity index is 283. The molecule has 0 bridgehead atoms. The molecule has 0 aromatic heterocycles. The van der Waals surface area contributed by atoms with Gasteiger partial charge in [0, 0.05) is 6.42 Å². The van der Waals surface area contributed by atoms with Crippen LogP contribution < -0.4 is 0 Å².